The molecule has 4 heteroatoms. The van der Waals surface area contributed by atoms with Crippen LogP contribution in [0.4, 0.5) is 0 Å². The fraction of sp³-hybridized carbons (Fsp3) is 0. The van der Waals surface area contributed by atoms with Crippen molar-refractivity contribution in [3.05, 3.63) is 90.1 Å². The van der Waals surface area contributed by atoms with Crippen LogP contribution >= 0.6 is 0 Å². The summed E-state index contributed by atoms with van der Waals surface area (Å²) < 4.78 is 0. The highest BCUT2D eigenvalue weighted by Gasteiger charge is 2.21. The Labute approximate surface area is 144 Å². The van der Waals surface area contributed by atoms with Gasteiger partial charge in [0.25, 0.3) is 0 Å². The average Bonchev–Trinajstić information content (AvgIpc) is 2.69. The summed E-state index contributed by atoms with van der Waals surface area (Å²) in [5.74, 6) is -0.365. The van der Waals surface area contributed by atoms with Crippen molar-refractivity contribution in [3.63, 3.8) is 0 Å². The predicted molar refractivity (Wildman–Crippen MR) is 98.3 cm³/mol. The van der Waals surface area contributed by atoms with E-state index in [0.717, 1.165) is 21.7 Å². The van der Waals surface area contributed by atoms with E-state index in [-0.39, 0.29) is 11.5 Å². The number of aromatic nitrogens is 1. The maximum Gasteiger partial charge on any atom is 0.217 e. The Morgan fingerprint density at radius 3 is 2.08 bits per heavy atom. The van der Waals surface area contributed by atoms with E-state index in [2.05, 4.69) is 10.1 Å². The number of para-hydroxylation sites is 1. The van der Waals surface area contributed by atoms with Crippen molar-refractivity contribution in [2.75, 3.05) is 0 Å². The van der Waals surface area contributed by atoms with Crippen LogP contribution in [0.2, 0.25) is 0 Å². The summed E-state index contributed by atoms with van der Waals surface area (Å²) in [6, 6.07) is 24.1. The average molecular weight is 326 g/mol. The van der Waals surface area contributed by atoms with Crippen LogP contribution < -0.4 is 0 Å². The van der Waals surface area contributed by atoms with Crippen LogP contribution in [-0.2, 0) is 0 Å². The first-order chi connectivity index (χ1) is 12.3. The molecule has 120 valence electrons. The summed E-state index contributed by atoms with van der Waals surface area (Å²) in [6.45, 7) is 0. The van der Waals surface area contributed by atoms with E-state index < -0.39 is 0 Å². The molecule has 4 aromatic rings. The van der Waals surface area contributed by atoms with E-state index in [1.54, 1.807) is 24.3 Å². The second-order valence-corrected chi connectivity index (χ2v) is 5.67. The lowest BCUT2D eigenvalue weighted by molar-refractivity contribution is 0.106. The van der Waals surface area contributed by atoms with Gasteiger partial charge in [-0.25, -0.2) is 4.98 Å². The molecule has 0 fully saturated rings. The molecule has 0 spiro atoms. The maximum atomic E-state index is 12.8. The molecule has 25 heavy (non-hydrogen) atoms. The van der Waals surface area contributed by atoms with Crippen molar-refractivity contribution in [1.82, 2.24) is 4.98 Å². The van der Waals surface area contributed by atoms with E-state index >= 15 is 0 Å². The third-order valence-electron chi connectivity index (χ3n) is 4.18. The topological polar surface area (TPSA) is 62.5 Å². The van der Waals surface area contributed by atoms with E-state index in [9.17, 15) is 10.0 Å². The number of pyridine rings is 1. The van der Waals surface area contributed by atoms with Crippen LogP contribution in [0, 0.1) is 0 Å². The zero-order chi connectivity index (χ0) is 17.2. The number of nitrogens with zero attached hydrogens (tertiary/aromatic N) is 2. The van der Waals surface area contributed by atoms with Gasteiger partial charge in [0.15, 0.2) is 5.71 Å². The van der Waals surface area contributed by atoms with Crippen LogP contribution in [0.5, 0.6) is 0 Å². The number of Topliss-reactive ketones (excluding diaryl/α,β-unsaturated/α-hetero) is 1. The molecule has 4 nitrogen and oxygen atoms in total. The number of hydrogen-bond donors (Lipinski definition) is 1. The zero-order valence-corrected chi connectivity index (χ0v) is 13.3. The predicted octanol–water partition coefficient (Wildman–Crippen LogP) is 4.45. The first-order valence-corrected chi connectivity index (χ1v) is 7.89. The standard InChI is InChI=1S/C21H14N2O2/c24-21(14-8-2-1-3-9-14)20(23-25)19-17-12-5-4-10-15(17)16-11-6-7-13-18(16)22-19/h1-13,25H/b23-20+. The normalized spacial score (nSPS) is 11.8. The van der Waals surface area contributed by atoms with Crippen LogP contribution in [0.1, 0.15) is 16.1 Å². The molecule has 0 unspecified atom stereocenters. The van der Waals surface area contributed by atoms with E-state index in [1.165, 1.54) is 0 Å². The minimum Gasteiger partial charge on any atom is -0.410 e. The highest BCUT2D eigenvalue weighted by molar-refractivity contribution is 6.52. The molecule has 4 rings (SSSR count). The smallest absolute Gasteiger partial charge is 0.217 e. The molecule has 0 aliphatic heterocycles. The van der Waals surface area contributed by atoms with Gasteiger partial charge in [0.2, 0.25) is 5.78 Å². The Morgan fingerprint density at radius 2 is 1.36 bits per heavy atom. The molecule has 0 amide bonds. The number of rotatable bonds is 3. The Hall–Kier alpha value is -3.53. The quantitative estimate of drug-likeness (QED) is 0.199. The molecule has 0 aliphatic rings. The fourth-order valence-corrected chi connectivity index (χ4v) is 3.01. The van der Waals surface area contributed by atoms with Gasteiger partial charge in [-0.05, 0) is 11.5 Å². The Kier molecular flexibility index (Phi) is 3.71. The summed E-state index contributed by atoms with van der Waals surface area (Å²) in [5, 5.41) is 15.6. The van der Waals surface area contributed by atoms with E-state index in [0.29, 0.717) is 11.3 Å². The molecule has 0 radical (unpaired) electrons. The molecule has 0 saturated carbocycles. The number of ketones is 1. The summed E-state index contributed by atoms with van der Waals surface area (Å²) in [7, 11) is 0. The molecule has 1 N–H and O–H groups in total. The molecule has 1 aromatic heterocycles. The second kappa shape index (κ2) is 6.17. The van der Waals surface area contributed by atoms with Crippen LogP contribution in [0.15, 0.2) is 84.0 Å². The van der Waals surface area contributed by atoms with Gasteiger partial charge in [-0.3, -0.25) is 4.79 Å². The van der Waals surface area contributed by atoms with Gasteiger partial charge in [0.1, 0.15) is 5.69 Å². The number of hydrogen-bond acceptors (Lipinski definition) is 4. The molecule has 0 saturated heterocycles. The van der Waals surface area contributed by atoms with Crippen molar-refractivity contribution in [2.24, 2.45) is 5.16 Å². The van der Waals surface area contributed by atoms with Crippen molar-refractivity contribution in [2.45, 2.75) is 0 Å². The number of oxime groups is 1. The number of fused-ring (bicyclic) bond motifs is 3. The molecule has 0 bridgehead atoms. The summed E-state index contributed by atoms with van der Waals surface area (Å²) in [4.78, 5) is 17.4. The Bertz CT molecular complexity index is 1120. The summed E-state index contributed by atoms with van der Waals surface area (Å²) in [5.41, 5.74) is 1.52. The minimum absolute atomic E-state index is 0.0619. The molecule has 0 atom stereocenters. The van der Waals surface area contributed by atoms with Gasteiger partial charge in [-0.15, -0.1) is 0 Å². The molecule has 1 heterocycles. The lowest BCUT2D eigenvalue weighted by atomic mass is 9.98. The number of carbonyl (C=O) groups is 1. The lowest BCUT2D eigenvalue weighted by Crippen LogP contribution is -2.18. The molecular formula is C21H14N2O2. The second-order valence-electron chi connectivity index (χ2n) is 5.67. The number of benzene rings is 3. The van der Waals surface area contributed by atoms with Crippen molar-refractivity contribution in [3.8, 4) is 0 Å². The van der Waals surface area contributed by atoms with Crippen LogP contribution in [-0.4, -0.2) is 21.7 Å². The molecule has 3 aromatic carbocycles. The van der Waals surface area contributed by atoms with Crippen LogP contribution in [0.3, 0.4) is 0 Å². The third-order valence-corrected chi connectivity index (χ3v) is 4.18. The number of carbonyl (C=O) groups excluding carboxylic acids is 1. The van der Waals surface area contributed by atoms with Gasteiger partial charge >= 0.3 is 0 Å². The van der Waals surface area contributed by atoms with Crippen molar-refractivity contribution in [1.29, 1.82) is 0 Å². The molecule has 0 aliphatic carbocycles. The van der Waals surface area contributed by atoms with Gasteiger partial charge in [-0.2, -0.15) is 0 Å². The Balaban J connectivity index is 2.00. The van der Waals surface area contributed by atoms with Crippen molar-refractivity contribution >= 4 is 33.2 Å². The van der Waals surface area contributed by atoms with Gasteiger partial charge in [0, 0.05) is 16.3 Å². The van der Waals surface area contributed by atoms with Gasteiger partial charge < -0.3 is 5.21 Å². The largest absolute Gasteiger partial charge is 0.410 e. The highest BCUT2D eigenvalue weighted by Crippen LogP contribution is 2.27. The molecular weight excluding hydrogens is 312 g/mol. The highest BCUT2D eigenvalue weighted by atomic mass is 16.4. The summed E-state index contributed by atoms with van der Waals surface area (Å²) in [6.07, 6.45) is 0. The zero-order valence-electron chi connectivity index (χ0n) is 13.3. The van der Waals surface area contributed by atoms with E-state index in [4.69, 9.17) is 0 Å². The van der Waals surface area contributed by atoms with Gasteiger partial charge in [-0.1, -0.05) is 78.0 Å². The third kappa shape index (κ3) is 2.54. The van der Waals surface area contributed by atoms with Crippen molar-refractivity contribution < 1.29 is 10.0 Å². The first-order valence-electron chi connectivity index (χ1n) is 7.89. The monoisotopic (exact) mass is 326 g/mol. The van der Waals surface area contributed by atoms with E-state index in [1.807, 2.05) is 54.6 Å². The fourth-order valence-electron chi connectivity index (χ4n) is 3.01. The SMILES string of the molecule is O=C(/C(=N/O)c1nc2ccccc2c2ccccc12)c1ccccc1. The summed E-state index contributed by atoms with van der Waals surface area (Å²) >= 11 is 0. The first kappa shape index (κ1) is 15.0. The maximum absolute atomic E-state index is 12.8. The minimum atomic E-state index is -0.365. The van der Waals surface area contributed by atoms with Gasteiger partial charge in [0.05, 0.1) is 5.52 Å². The Morgan fingerprint density at radius 1 is 0.760 bits per heavy atom. The lowest BCUT2D eigenvalue weighted by Gasteiger charge is -2.10. The van der Waals surface area contributed by atoms with Crippen LogP contribution in [0.25, 0.3) is 21.7 Å².